The maximum atomic E-state index is 12.0. The van der Waals surface area contributed by atoms with Crippen molar-refractivity contribution < 1.29 is 10.0 Å². The van der Waals surface area contributed by atoms with E-state index in [1.54, 1.807) is 24.3 Å². The molecule has 0 atom stereocenters. The number of nitrogens with two attached hydrogens (primary N) is 1. The first kappa shape index (κ1) is 15.7. The number of nitrogens with zero attached hydrogens (tertiary/aromatic N) is 2. The van der Waals surface area contributed by atoms with Gasteiger partial charge in [-0.05, 0) is 12.1 Å². The van der Waals surface area contributed by atoms with Gasteiger partial charge in [-0.25, -0.2) is 0 Å². The first-order valence-electron chi connectivity index (χ1n) is 6.87. The van der Waals surface area contributed by atoms with Crippen molar-refractivity contribution in [2.24, 2.45) is 10.9 Å². The van der Waals surface area contributed by atoms with Crippen molar-refractivity contribution in [2.75, 3.05) is 37.7 Å². The summed E-state index contributed by atoms with van der Waals surface area (Å²) in [5.41, 5.74) is 6.63. The Hall–Kier alpha value is -1.73. The van der Waals surface area contributed by atoms with E-state index in [-0.39, 0.29) is 11.7 Å². The molecule has 4 N–H and O–H groups in total. The second-order valence-electron chi connectivity index (χ2n) is 4.77. The lowest BCUT2D eigenvalue weighted by molar-refractivity contribution is 0.0949. The molecule has 6 nitrogen and oxygen atoms in total. The predicted molar refractivity (Wildman–Crippen MR) is 85.1 cm³/mol. The fourth-order valence-electron chi connectivity index (χ4n) is 2.10. The lowest BCUT2D eigenvalue weighted by Crippen LogP contribution is -2.39. The highest BCUT2D eigenvalue weighted by atomic mass is 32.2. The standard InChI is InChI=1S/C14H20N4O2S/c15-13(17-20)11-1-3-12(4-2-11)14(19)16-5-6-18-7-9-21-10-8-18/h1-4,20H,5-10H2,(H2,15,17)(H,16,19). The summed E-state index contributed by atoms with van der Waals surface area (Å²) < 4.78 is 0. The van der Waals surface area contributed by atoms with E-state index in [1.165, 1.54) is 11.5 Å². The van der Waals surface area contributed by atoms with Crippen LogP contribution in [0.1, 0.15) is 15.9 Å². The third kappa shape index (κ3) is 4.64. The minimum Gasteiger partial charge on any atom is -0.409 e. The van der Waals surface area contributed by atoms with E-state index in [9.17, 15) is 4.79 Å². The zero-order valence-corrected chi connectivity index (χ0v) is 12.6. The van der Waals surface area contributed by atoms with Crippen molar-refractivity contribution >= 4 is 23.5 Å². The quantitative estimate of drug-likeness (QED) is 0.320. The Morgan fingerprint density at radius 3 is 2.52 bits per heavy atom. The van der Waals surface area contributed by atoms with Crippen LogP contribution in [0.3, 0.4) is 0 Å². The van der Waals surface area contributed by atoms with Gasteiger partial charge >= 0.3 is 0 Å². The molecule has 0 aromatic heterocycles. The van der Waals surface area contributed by atoms with Gasteiger partial charge in [0.2, 0.25) is 0 Å². The highest BCUT2D eigenvalue weighted by molar-refractivity contribution is 7.99. The number of hydrogen-bond acceptors (Lipinski definition) is 5. The molecule has 0 spiro atoms. The number of thioether (sulfide) groups is 1. The first-order chi connectivity index (χ1) is 10.2. The van der Waals surface area contributed by atoms with Gasteiger partial charge in [0.15, 0.2) is 5.84 Å². The number of carbonyl (C=O) groups is 1. The van der Waals surface area contributed by atoms with Crippen molar-refractivity contribution in [1.29, 1.82) is 0 Å². The van der Waals surface area contributed by atoms with E-state index < -0.39 is 0 Å². The zero-order chi connectivity index (χ0) is 15.1. The molecule has 0 radical (unpaired) electrons. The summed E-state index contributed by atoms with van der Waals surface area (Å²) in [5.74, 6) is 2.27. The highest BCUT2D eigenvalue weighted by Gasteiger charge is 2.11. The summed E-state index contributed by atoms with van der Waals surface area (Å²) >= 11 is 1.97. The summed E-state index contributed by atoms with van der Waals surface area (Å²) in [6.45, 7) is 3.71. The molecule has 1 aliphatic heterocycles. The van der Waals surface area contributed by atoms with Gasteiger partial charge < -0.3 is 16.3 Å². The number of benzene rings is 1. The Morgan fingerprint density at radius 2 is 1.90 bits per heavy atom. The molecule has 0 unspecified atom stereocenters. The van der Waals surface area contributed by atoms with Gasteiger partial charge in [-0.15, -0.1) is 0 Å². The van der Waals surface area contributed by atoms with E-state index in [0.717, 1.165) is 19.6 Å². The molecule has 0 bridgehead atoms. The minimum absolute atomic E-state index is 0.0323. The summed E-state index contributed by atoms with van der Waals surface area (Å²) in [4.78, 5) is 14.4. The van der Waals surface area contributed by atoms with Crippen LogP contribution < -0.4 is 11.1 Å². The Balaban J connectivity index is 1.80. The molecule has 114 valence electrons. The van der Waals surface area contributed by atoms with Gasteiger partial charge in [0, 0.05) is 48.8 Å². The number of hydrogen-bond donors (Lipinski definition) is 3. The topological polar surface area (TPSA) is 91.0 Å². The third-order valence-electron chi connectivity index (χ3n) is 3.37. The summed E-state index contributed by atoms with van der Waals surface area (Å²) in [6.07, 6.45) is 0. The van der Waals surface area contributed by atoms with Crippen LogP contribution in [-0.4, -0.2) is 59.5 Å². The van der Waals surface area contributed by atoms with Crippen LogP contribution in [0.4, 0.5) is 0 Å². The van der Waals surface area contributed by atoms with E-state index >= 15 is 0 Å². The Labute approximate surface area is 128 Å². The lowest BCUT2D eigenvalue weighted by Gasteiger charge is -2.25. The van der Waals surface area contributed by atoms with Crippen molar-refractivity contribution in [3.05, 3.63) is 35.4 Å². The van der Waals surface area contributed by atoms with Crippen molar-refractivity contribution in [3.8, 4) is 0 Å². The van der Waals surface area contributed by atoms with Crippen LogP contribution in [0, 0.1) is 0 Å². The average molecular weight is 308 g/mol. The molecule has 1 amide bonds. The number of amidine groups is 1. The van der Waals surface area contributed by atoms with E-state index in [1.807, 2.05) is 11.8 Å². The summed E-state index contributed by atoms with van der Waals surface area (Å²) in [5, 5.41) is 14.4. The molecule has 1 saturated heterocycles. The molecule has 1 aromatic carbocycles. The van der Waals surface area contributed by atoms with Crippen molar-refractivity contribution in [1.82, 2.24) is 10.2 Å². The maximum Gasteiger partial charge on any atom is 0.251 e. The second-order valence-corrected chi connectivity index (χ2v) is 6.00. The second kappa shape index (κ2) is 7.90. The molecular weight excluding hydrogens is 288 g/mol. The number of amides is 1. The average Bonchev–Trinajstić information content (AvgIpc) is 2.55. The lowest BCUT2D eigenvalue weighted by atomic mass is 10.1. The molecule has 1 heterocycles. The zero-order valence-electron chi connectivity index (χ0n) is 11.8. The maximum absolute atomic E-state index is 12.0. The molecule has 1 fully saturated rings. The molecule has 2 rings (SSSR count). The van der Waals surface area contributed by atoms with Crippen LogP contribution in [0.2, 0.25) is 0 Å². The summed E-state index contributed by atoms with van der Waals surface area (Å²) in [6, 6.07) is 6.65. The highest BCUT2D eigenvalue weighted by Crippen LogP contribution is 2.08. The predicted octanol–water partition coefficient (Wildman–Crippen LogP) is 0.560. The molecular formula is C14H20N4O2S. The van der Waals surface area contributed by atoms with Crippen LogP contribution in [0.5, 0.6) is 0 Å². The van der Waals surface area contributed by atoms with Crippen molar-refractivity contribution in [3.63, 3.8) is 0 Å². The number of nitrogens with one attached hydrogen (secondary N) is 1. The van der Waals surface area contributed by atoms with Crippen LogP contribution >= 0.6 is 11.8 Å². The largest absolute Gasteiger partial charge is 0.409 e. The van der Waals surface area contributed by atoms with E-state index in [4.69, 9.17) is 10.9 Å². The monoisotopic (exact) mass is 308 g/mol. The van der Waals surface area contributed by atoms with Gasteiger partial charge in [0.1, 0.15) is 0 Å². The number of oxime groups is 1. The minimum atomic E-state index is -0.104. The van der Waals surface area contributed by atoms with Gasteiger partial charge in [-0.2, -0.15) is 11.8 Å². The smallest absolute Gasteiger partial charge is 0.251 e. The third-order valence-corrected chi connectivity index (χ3v) is 4.31. The Kier molecular flexibility index (Phi) is 5.89. The van der Waals surface area contributed by atoms with Crippen molar-refractivity contribution in [2.45, 2.75) is 0 Å². The SMILES string of the molecule is N/C(=N/O)c1ccc(C(=O)NCCN2CCSCC2)cc1. The Morgan fingerprint density at radius 1 is 1.29 bits per heavy atom. The van der Waals surface area contributed by atoms with Gasteiger partial charge in [-0.3, -0.25) is 9.69 Å². The van der Waals surface area contributed by atoms with E-state index in [2.05, 4.69) is 15.4 Å². The van der Waals surface area contributed by atoms with Crippen LogP contribution in [-0.2, 0) is 0 Å². The number of carbonyl (C=O) groups excluding carboxylic acids is 1. The molecule has 0 aliphatic carbocycles. The normalized spacial score (nSPS) is 16.7. The van der Waals surface area contributed by atoms with Gasteiger partial charge in [0.05, 0.1) is 0 Å². The van der Waals surface area contributed by atoms with E-state index in [0.29, 0.717) is 17.7 Å². The molecule has 1 aromatic rings. The van der Waals surface area contributed by atoms with Crippen LogP contribution in [0.15, 0.2) is 29.4 Å². The molecule has 7 heteroatoms. The Bertz CT molecular complexity index is 498. The fourth-order valence-corrected chi connectivity index (χ4v) is 3.08. The molecule has 0 saturated carbocycles. The van der Waals surface area contributed by atoms with Crippen LogP contribution in [0.25, 0.3) is 0 Å². The van der Waals surface area contributed by atoms with Gasteiger partial charge in [0.25, 0.3) is 5.91 Å². The first-order valence-corrected chi connectivity index (χ1v) is 8.02. The summed E-state index contributed by atoms with van der Waals surface area (Å²) in [7, 11) is 0. The number of rotatable bonds is 5. The fraction of sp³-hybridized carbons (Fsp3) is 0.429. The molecule has 21 heavy (non-hydrogen) atoms. The molecule has 1 aliphatic rings. The van der Waals surface area contributed by atoms with Gasteiger partial charge in [-0.1, -0.05) is 17.3 Å².